The van der Waals surface area contributed by atoms with E-state index in [2.05, 4.69) is 27.3 Å². The third-order valence-electron chi connectivity index (χ3n) is 5.14. The van der Waals surface area contributed by atoms with Gasteiger partial charge in [-0.1, -0.05) is 12.1 Å². The molecule has 1 aliphatic heterocycles. The van der Waals surface area contributed by atoms with Gasteiger partial charge in [0.1, 0.15) is 5.76 Å². The van der Waals surface area contributed by atoms with Gasteiger partial charge in [0.25, 0.3) is 0 Å². The minimum absolute atomic E-state index is 0.569. The highest BCUT2D eigenvalue weighted by molar-refractivity contribution is 7.21. The van der Waals surface area contributed by atoms with Crippen molar-refractivity contribution in [3.05, 3.63) is 42.2 Å². The van der Waals surface area contributed by atoms with Crippen LogP contribution in [-0.2, 0) is 11.3 Å². The maximum Gasteiger partial charge on any atom is 0.163 e. The van der Waals surface area contributed by atoms with E-state index in [1.165, 1.54) is 17.5 Å². The molecule has 1 aromatic carbocycles. The molecule has 1 N–H and O–H groups in total. The lowest BCUT2D eigenvalue weighted by Crippen LogP contribution is -2.42. The monoisotopic (exact) mass is 385 g/mol. The number of aromatic nitrogens is 1. The number of rotatable bonds is 8. The van der Waals surface area contributed by atoms with Crippen LogP contribution in [0.15, 0.2) is 40.8 Å². The second-order valence-electron chi connectivity index (χ2n) is 7.10. The van der Waals surface area contributed by atoms with Crippen molar-refractivity contribution in [2.45, 2.75) is 31.8 Å². The molecule has 0 atom stereocenters. The first-order chi connectivity index (χ1) is 13.3. The van der Waals surface area contributed by atoms with E-state index in [9.17, 15) is 0 Å². The second kappa shape index (κ2) is 8.97. The van der Waals surface area contributed by atoms with Crippen LogP contribution in [-0.4, -0.2) is 49.3 Å². The maximum absolute atomic E-state index is 6.04. The summed E-state index contributed by atoms with van der Waals surface area (Å²) >= 11 is 1.68. The fraction of sp³-hybridized carbons (Fsp3) is 0.476. The topological polar surface area (TPSA) is 50.5 Å². The number of furan rings is 1. The summed E-state index contributed by atoms with van der Waals surface area (Å²) in [4.78, 5) is 7.21. The summed E-state index contributed by atoms with van der Waals surface area (Å²) in [6, 6.07) is 12.9. The molecular weight excluding hydrogens is 358 g/mol. The number of likely N-dealkylation sites (tertiary alicyclic amines) is 1. The summed E-state index contributed by atoms with van der Waals surface area (Å²) in [5.74, 6) is 1.84. The lowest BCUT2D eigenvalue weighted by atomic mass is 10.0. The van der Waals surface area contributed by atoms with E-state index < -0.39 is 0 Å². The molecule has 6 heteroatoms. The van der Waals surface area contributed by atoms with E-state index in [-0.39, 0.29) is 0 Å². The Hall–Kier alpha value is -1.73. The first-order valence-electron chi connectivity index (χ1n) is 9.71. The van der Waals surface area contributed by atoms with Gasteiger partial charge in [0.05, 0.1) is 16.8 Å². The fourth-order valence-electron chi connectivity index (χ4n) is 3.60. The van der Waals surface area contributed by atoms with Crippen molar-refractivity contribution >= 4 is 21.6 Å². The van der Waals surface area contributed by atoms with E-state index in [1.807, 2.05) is 24.3 Å². The number of para-hydroxylation sites is 1. The fourth-order valence-corrected chi connectivity index (χ4v) is 4.53. The van der Waals surface area contributed by atoms with Crippen LogP contribution in [0.5, 0.6) is 0 Å². The van der Waals surface area contributed by atoms with Gasteiger partial charge in [0.2, 0.25) is 0 Å². The largest absolute Gasteiger partial charge is 0.457 e. The standard InChI is InChI=1S/C21H27N3O2S/c1-25-14-4-11-24-12-9-16(10-13-24)22-15-17-7-8-19(26-17)21-23-18-5-2-3-6-20(18)27-21/h2-3,5-8,16,22H,4,9-15H2,1H3. The molecule has 1 fully saturated rings. The Kier molecular flexibility index (Phi) is 6.19. The van der Waals surface area contributed by atoms with Crippen LogP contribution in [0.1, 0.15) is 25.0 Å². The molecule has 0 radical (unpaired) electrons. The van der Waals surface area contributed by atoms with Crippen molar-refractivity contribution in [3.8, 4) is 10.8 Å². The SMILES string of the molecule is COCCCN1CCC(NCc2ccc(-c3nc4ccccc4s3)o2)CC1. The highest BCUT2D eigenvalue weighted by atomic mass is 32.1. The highest BCUT2D eigenvalue weighted by Gasteiger charge is 2.19. The Morgan fingerprint density at radius 3 is 2.89 bits per heavy atom. The maximum atomic E-state index is 6.04. The van der Waals surface area contributed by atoms with Crippen LogP contribution >= 0.6 is 11.3 Å². The number of fused-ring (bicyclic) bond motifs is 1. The van der Waals surface area contributed by atoms with Crippen molar-refractivity contribution in [2.75, 3.05) is 33.4 Å². The molecule has 5 nitrogen and oxygen atoms in total. The number of thiazole rings is 1. The zero-order chi connectivity index (χ0) is 18.5. The van der Waals surface area contributed by atoms with Crippen molar-refractivity contribution in [2.24, 2.45) is 0 Å². The molecule has 1 saturated heterocycles. The molecule has 3 aromatic rings. The van der Waals surface area contributed by atoms with Crippen molar-refractivity contribution in [1.82, 2.24) is 15.2 Å². The van der Waals surface area contributed by atoms with Gasteiger partial charge in [-0.05, 0) is 56.6 Å². The van der Waals surface area contributed by atoms with Crippen LogP contribution in [0.25, 0.3) is 21.0 Å². The van der Waals surface area contributed by atoms with Crippen LogP contribution in [0.2, 0.25) is 0 Å². The Morgan fingerprint density at radius 2 is 2.07 bits per heavy atom. The van der Waals surface area contributed by atoms with E-state index in [0.717, 1.165) is 61.3 Å². The lowest BCUT2D eigenvalue weighted by molar-refractivity contribution is 0.152. The number of piperidine rings is 1. The molecule has 1 aliphatic rings. The molecule has 0 unspecified atom stereocenters. The first-order valence-corrected chi connectivity index (χ1v) is 10.5. The number of ether oxygens (including phenoxy) is 1. The molecule has 0 spiro atoms. The molecule has 0 amide bonds. The quantitative estimate of drug-likeness (QED) is 0.591. The van der Waals surface area contributed by atoms with Gasteiger partial charge in [-0.15, -0.1) is 11.3 Å². The average molecular weight is 386 g/mol. The second-order valence-corrected chi connectivity index (χ2v) is 8.13. The van der Waals surface area contributed by atoms with Crippen LogP contribution < -0.4 is 5.32 Å². The van der Waals surface area contributed by atoms with Crippen LogP contribution in [0.4, 0.5) is 0 Å². The normalized spacial score (nSPS) is 16.3. The number of nitrogens with zero attached hydrogens (tertiary/aromatic N) is 2. The predicted molar refractivity (Wildman–Crippen MR) is 110 cm³/mol. The molecule has 0 saturated carbocycles. The smallest absolute Gasteiger partial charge is 0.163 e. The van der Waals surface area contributed by atoms with Crippen LogP contribution in [0.3, 0.4) is 0 Å². The summed E-state index contributed by atoms with van der Waals surface area (Å²) in [5.41, 5.74) is 1.03. The lowest BCUT2D eigenvalue weighted by Gasteiger charge is -2.32. The third kappa shape index (κ3) is 4.76. The number of hydrogen-bond donors (Lipinski definition) is 1. The minimum Gasteiger partial charge on any atom is -0.457 e. The Balaban J connectivity index is 1.26. The molecule has 2 aromatic heterocycles. The Labute approximate surface area is 164 Å². The van der Waals surface area contributed by atoms with Gasteiger partial charge >= 0.3 is 0 Å². The number of methoxy groups -OCH3 is 1. The summed E-state index contributed by atoms with van der Waals surface area (Å²) in [6.45, 7) is 5.10. The summed E-state index contributed by atoms with van der Waals surface area (Å²) in [5, 5.41) is 4.61. The van der Waals surface area contributed by atoms with Gasteiger partial charge in [-0.2, -0.15) is 0 Å². The number of hydrogen-bond acceptors (Lipinski definition) is 6. The molecule has 4 rings (SSSR count). The van der Waals surface area contributed by atoms with E-state index in [4.69, 9.17) is 9.15 Å². The summed E-state index contributed by atoms with van der Waals surface area (Å²) in [7, 11) is 1.77. The molecule has 27 heavy (non-hydrogen) atoms. The van der Waals surface area contributed by atoms with E-state index in [0.29, 0.717) is 6.04 Å². The van der Waals surface area contributed by atoms with Gasteiger partial charge in [-0.3, -0.25) is 0 Å². The predicted octanol–water partition coefficient (Wildman–Crippen LogP) is 4.15. The Morgan fingerprint density at radius 1 is 1.22 bits per heavy atom. The van der Waals surface area contributed by atoms with Gasteiger partial charge in [0, 0.05) is 26.3 Å². The molecule has 0 aliphatic carbocycles. The van der Waals surface area contributed by atoms with E-state index >= 15 is 0 Å². The van der Waals surface area contributed by atoms with Crippen molar-refractivity contribution < 1.29 is 9.15 Å². The third-order valence-corrected chi connectivity index (χ3v) is 6.19. The zero-order valence-electron chi connectivity index (χ0n) is 15.8. The first kappa shape index (κ1) is 18.6. The van der Waals surface area contributed by atoms with Gasteiger partial charge < -0.3 is 19.4 Å². The van der Waals surface area contributed by atoms with Crippen molar-refractivity contribution in [3.63, 3.8) is 0 Å². The van der Waals surface area contributed by atoms with Gasteiger partial charge in [0.15, 0.2) is 10.8 Å². The van der Waals surface area contributed by atoms with Gasteiger partial charge in [-0.25, -0.2) is 4.98 Å². The number of nitrogens with one attached hydrogen (secondary N) is 1. The van der Waals surface area contributed by atoms with Crippen LogP contribution in [0, 0.1) is 0 Å². The average Bonchev–Trinajstić information content (AvgIpc) is 3.34. The molecule has 144 valence electrons. The zero-order valence-corrected chi connectivity index (χ0v) is 16.6. The molecular formula is C21H27N3O2S. The Bertz CT molecular complexity index is 819. The number of benzene rings is 1. The van der Waals surface area contributed by atoms with Crippen molar-refractivity contribution in [1.29, 1.82) is 0 Å². The minimum atomic E-state index is 0.569. The summed E-state index contributed by atoms with van der Waals surface area (Å²) in [6.07, 6.45) is 3.51. The molecule has 0 bridgehead atoms. The summed E-state index contributed by atoms with van der Waals surface area (Å²) < 4.78 is 12.4. The molecule has 3 heterocycles. The van der Waals surface area contributed by atoms with E-state index in [1.54, 1.807) is 18.4 Å². The highest BCUT2D eigenvalue weighted by Crippen LogP contribution is 2.31.